The van der Waals surface area contributed by atoms with E-state index in [0.717, 1.165) is 44.0 Å². The van der Waals surface area contributed by atoms with Gasteiger partial charge in [-0.25, -0.2) is 0 Å². The molecule has 0 radical (unpaired) electrons. The van der Waals surface area contributed by atoms with Crippen molar-refractivity contribution in [1.82, 2.24) is 10.2 Å². The van der Waals surface area contributed by atoms with E-state index in [2.05, 4.69) is 29.4 Å². The van der Waals surface area contributed by atoms with Gasteiger partial charge in [-0.3, -0.25) is 9.69 Å². The van der Waals surface area contributed by atoms with Gasteiger partial charge in [0.15, 0.2) is 0 Å². The summed E-state index contributed by atoms with van der Waals surface area (Å²) in [5, 5.41) is 6.10. The lowest BCUT2D eigenvalue weighted by atomic mass is 9.73. The number of carbonyl (C=O) groups is 1. The number of amides is 1. The van der Waals surface area contributed by atoms with E-state index in [-0.39, 0.29) is 11.5 Å². The van der Waals surface area contributed by atoms with Crippen molar-refractivity contribution in [2.75, 3.05) is 19.6 Å². The molecule has 3 aliphatic heterocycles. The molecule has 1 aromatic heterocycles. The predicted octanol–water partition coefficient (Wildman–Crippen LogP) is 3.54. The first-order valence-corrected chi connectivity index (χ1v) is 10.6. The van der Waals surface area contributed by atoms with Crippen molar-refractivity contribution in [3.63, 3.8) is 0 Å². The molecule has 4 nitrogen and oxygen atoms in total. The summed E-state index contributed by atoms with van der Waals surface area (Å²) in [6.45, 7) is 7.89. The number of fused-ring (bicyclic) bond motifs is 1. The average molecular weight is 383 g/mol. The molecule has 6 heteroatoms. The summed E-state index contributed by atoms with van der Waals surface area (Å²) in [7, 11) is 0. The van der Waals surface area contributed by atoms with E-state index in [0.29, 0.717) is 30.3 Å². The Morgan fingerprint density at radius 2 is 2.40 bits per heavy atom. The van der Waals surface area contributed by atoms with E-state index in [1.165, 1.54) is 4.88 Å². The molecule has 0 unspecified atom stereocenters. The Hall–Kier alpha value is -0.620. The molecule has 25 heavy (non-hydrogen) atoms. The van der Waals surface area contributed by atoms with Crippen LogP contribution in [-0.2, 0) is 16.1 Å². The van der Waals surface area contributed by atoms with Crippen LogP contribution < -0.4 is 5.32 Å². The highest BCUT2D eigenvalue weighted by molar-refractivity contribution is 7.10. The maximum Gasteiger partial charge on any atom is 0.220 e. The minimum Gasteiger partial charge on any atom is -0.370 e. The molecule has 4 atom stereocenters. The summed E-state index contributed by atoms with van der Waals surface area (Å²) in [5.41, 5.74) is 0.0157. The summed E-state index contributed by atoms with van der Waals surface area (Å²) >= 11 is 8.01. The van der Waals surface area contributed by atoms with Crippen LogP contribution in [0.5, 0.6) is 0 Å². The first-order chi connectivity index (χ1) is 12.0. The van der Waals surface area contributed by atoms with Gasteiger partial charge in [0.2, 0.25) is 5.91 Å². The molecule has 138 valence electrons. The van der Waals surface area contributed by atoms with Gasteiger partial charge in [0, 0.05) is 49.3 Å². The smallest absolute Gasteiger partial charge is 0.220 e. The number of likely N-dealkylation sites (tertiary alicyclic amines) is 1. The minimum atomic E-state index is 0.0157. The van der Waals surface area contributed by atoms with Gasteiger partial charge >= 0.3 is 0 Å². The lowest BCUT2D eigenvalue weighted by molar-refractivity contribution is -0.122. The van der Waals surface area contributed by atoms with Gasteiger partial charge in [-0.1, -0.05) is 25.4 Å². The molecule has 1 amide bonds. The van der Waals surface area contributed by atoms with E-state index in [9.17, 15) is 4.79 Å². The van der Waals surface area contributed by atoms with E-state index in [1.54, 1.807) is 11.3 Å². The minimum absolute atomic E-state index is 0.0157. The van der Waals surface area contributed by atoms with Crippen LogP contribution in [-0.4, -0.2) is 42.1 Å². The van der Waals surface area contributed by atoms with Crippen molar-refractivity contribution in [3.8, 4) is 0 Å². The highest BCUT2D eigenvalue weighted by Crippen LogP contribution is 2.54. The van der Waals surface area contributed by atoms with Crippen LogP contribution in [0.3, 0.4) is 0 Å². The molecule has 3 fully saturated rings. The number of thiophene rings is 1. The van der Waals surface area contributed by atoms with E-state index in [1.807, 2.05) is 6.07 Å². The number of hydrogen-bond donors (Lipinski definition) is 1. The second kappa shape index (κ2) is 6.84. The van der Waals surface area contributed by atoms with Gasteiger partial charge in [0.25, 0.3) is 0 Å². The van der Waals surface area contributed by atoms with Crippen LogP contribution in [0.2, 0.25) is 5.02 Å². The van der Waals surface area contributed by atoms with Crippen LogP contribution in [0.15, 0.2) is 11.4 Å². The zero-order valence-corrected chi connectivity index (χ0v) is 16.5. The maximum atomic E-state index is 12.0. The Morgan fingerprint density at radius 1 is 1.56 bits per heavy atom. The van der Waals surface area contributed by atoms with Crippen LogP contribution in [0.4, 0.5) is 0 Å². The van der Waals surface area contributed by atoms with Crippen molar-refractivity contribution in [2.45, 2.75) is 51.4 Å². The van der Waals surface area contributed by atoms with Crippen molar-refractivity contribution in [3.05, 3.63) is 21.3 Å². The number of nitrogens with zero attached hydrogens (tertiary/aromatic N) is 1. The molecule has 3 saturated heterocycles. The average Bonchev–Trinajstić information content (AvgIpc) is 3.26. The molecule has 0 aliphatic carbocycles. The fourth-order valence-corrected chi connectivity index (χ4v) is 6.13. The summed E-state index contributed by atoms with van der Waals surface area (Å²) in [4.78, 5) is 15.8. The van der Waals surface area contributed by atoms with Crippen LogP contribution in [0, 0.1) is 17.8 Å². The largest absolute Gasteiger partial charge is 0.370 e. The van der Waals surface area contributed by atoms with Gasteiger partial charge in [0.1, 0.15) is 0 Å². The third-order valence-corrected chi connectivity index (χ3v) is 7.41. The standard InChI is InChI=1S/C19H27ClN2O2S/c1-12(2)7-18(23)21-8-13-14-9-22(10-17-15(20)4-6-25-17)11-19(14)5-3-16(13)24-19/h4,6,12-14,16H,3,5,7-11H2,1-2H3,(H,21,23)/t13-,14+,16+,19+/m0/s1. The predicted molar refractivity (Wildman–Crippen MR) is 101 cm³/mol. The monoisotopic (exact) mass is 382 g/mol. The second-order valence-electron chi connectivity index (χ2n) is 8.29. The van der Waals surface area contributed by atoms with E-state index in [4.69, 9.17) is 16.3 Å². The molecule has 3 aliphatic rings. The van der Waals surface area contributed by atoms with Crippen molar-refractivity contribution in [1.29, 1.82) is 0 Å². The molecular formula is C19H27ClN2O2S. The Labute approximate surface area is 158 Å². The fraction of sp³-hybridized carbons (Fsp3) is 0.737. The molecule has 0 aromatic carbocycles. The highest BCUT2D eigenvalue weighted by Gasteiger charge is 2.62. The van der Waals surface area contributed by atoms with Crippen LogP contribution in [0.1, 0.15) is 38.0 Å². The normalized spacial score (nSPS) is 34.0. The highest BCUT2D eigenvalue weighted by atomic mass is 35.5. The molecule has 1 N–H and O–H groups in total. The number of carbonyl (C=O) groups excluding carboxylic acids is 1. The topological polar surface area (TPSA) is 41.6 Å². The summed E-state index contributed by atoms with van der Waals surface area (Å²) in [6.07, 6.45) is 3.23. The SMILES string of the molecule is CC(C)CC(=O)NC[C@H]1[C@H]2CN(Cc3sccc3Cl)C[C@]23CC[C@H]1O3. The number of ether oxygens (including phenoxy) is 1. The molecule has 1 spiro atoms. The van der Waals surface area contributed by atoms with Gasteiger partial charge in [-0.15, -0.1) is 11.3 Å². The Kier molecular flexibility index (Phi) is 4.86. The number of nitrogens with one attached hydrogen (secondary N) is 1. The third kappa shape index (κ3) is 3.36. The Bertz CT molecular complexity index is 649. The van der Waals surface area contributed by atoms with E-state index < -0.39 is 0 Å². The third-order valence-electron chi connectivity index (χ3n) is 6.04. The summed E-state index contributed by atoms with van der Waals surface area (Å²) in [6, 6.07) is 1.98. The summed E-state index contributed by atoms with van der Waals surface area (Å²) in [5.74, 6) is 1.56. The molecular weight excluding hydrogens is 356 g/mol. The maximum absolute atomic E-state index is 12.0. The van der Waals surface area contributed by atoms with Gasteiger partial charge in [0.05, 0.1) is 16.7 Å². The molecule has 4 rings (SSSR count). The van der Waals surface area contributed by atoms with Crippen LogP contribution in [0.25, 0.3) is 0 Å². The van der Waals surface area contributed by atoms with Crippen molar-refractivity contribution in [2.24, 2.45) is 17.8 Å². The lowest BCUT2D eigenvalue weighted by Crippen LogP contribution is -2.42. The molecule has 0 saturated carbocycles. The second-order valence-corrected chi connectivity index (χ2v) is 9.70. The summed E-state index contributed by atoms with van der Waals surface area (Å²) < 4.78 is 6.47. The lowest BCUT2D eigenvalue weighted by Gasteiger charge is -2.29. The van der Waals surface area contributed by atoms with Crippen molar-refractivity contribution >= 4 is 28.8 Å². The van der Waals surface area contributed by atoms with Crippen molar-refractivity contribution < 1.29 is 9.53 Å². The zero-order valence-electron chi connectivity index (χ0n) is 15.0. The van der Waals surface area contributed by atoms with Gasteiger partial charge in [-0.2, -0.15) is 0 Å². The first-order valence-electron chi connectivity index (χ1n) is 9.35. The molecule has 4 heterocycles. The number of halogens is 1. The zero-order chi connectivity index (χ0) is 17.6. The molecule has 1 aromatic rings. The van der Waals surface area contributed by atoms with Crippen LogP contribution >= 0.6 is 22.9 Å². The fourth-order valence-electron chi connectivity index (χ4n) is 5.00. The molecule has 2 bridgehead atoms. The number of hydrogen-bond acceptors (Lipinski definition) is 4. The van der Waals surface area contributed by atoms with E-state index >= 15 is 0 Å². The quantitative estimate of drug-likeness (QED) is 0.818. The Balaban J connectivity index is 1.39. The Morgan fingerprint density at radius 3 is 3.12 bits per heavy atom. The van der Waals surface area contributed by atoms with Gasteiger partial charge < -0.3 is 10.1 Å². The number of rotatable bonds is 6. The first kappa shape index (κ1) is 17.8. The van der Waals surface area contributed by atoms with Gasteiger partial charge in [-0.05, 0) is 30.2 Å².